The maximum Gasteiger partial charge on any atom is 0.265 e. The number of hydrogen-bond donors (Lipinski definition) is 1. The fraction of sp³-hybridized carbons (Fsp3) is 0.412. The number of ether oxygens (including phenoxy) is 1. The fourth-order valence-electron chi connectivity index (χ4n) is 2.80. The van der Waals surface area contributed by atoms with E-state index in [1.165, 1.54) is 25.6 Å². The normalized spacial score (nSPS) is 15.8. The van der Waals surface area contributed by atoms with Gasteiger partial charge >= 0.3 is 0 Å². The van der Waals surface area contributed by atoms with Crippen molar-refractivity contribution in [3.8, 4) is 5.75 Å². The van der Waals surface area contributed by atoms with Crippen LogP contribution in [0.3, 0.4) is 0 Å². The zero-order valence-corrected chi connectivity index (χ0v) is 15.2. The zero-order valence-electron chi connectivity index (χ0n) is 14.3. The van der Waals surface area contributed by atoms with Crippen molar-refractivity contribution in [3.05, 3.63) is 36.7 Å². The summed E-state index contributed by atoms with van der Waals surface area (Å²) < 4.78 is 32.7. The van der Waals surface area contributed by atoms with Gasteiger partial charge in [-0.2, -0.15) is 0 Å². The molecule has 0 saturated carbocycles. The summed E-state index contributed by atoms with van der Waals surface area (Å²) in [5.74, 6) is 1.64. The van der Waals surface area contributed by atoms with Gasteiger partial charge in [0.2, 0.25) is 5.95 Å². The Hall–Kier alpha value is -2.35. The average Bonchev–Trinajstić information content (AvgIpc) is 2.63. The number of rotatable bonds is 5. The highest BCUT2D eigenvalue weighted by molar-refractivity contribution is 7.92. The number of nitrogens with zero attached hydrogens (tertiary/aromatic N) is 3. The van der Waals surface area contributed by atoms with Crippen molar-refractivity contribution < 1.29 is 13.2 Å². The SMILES string of the molecule is COc1ccccc1S(=O)(=O)Nc1cnc(N2CCC(C)CC2)nc1. The van der Waals surface area contributed by atoms with Gasteiger partial charge in [0.05, 0.1) is 25.2 Å². The molecule has 0 bridgehead atoms. The van der Waals surface area contributed by atoms with Crippen LogP contribution >= 0.6 is 0 Å². The van der Waals surface area contributed by atoms with E-state index in [0.717, 1.165) is 31.8 Å². The van der Waals surface area contributed by atoms with Crippen LogP contribution in [-0.4, -0.2) is 38.6 Å². The van der Waals surface area contributed by atoms with Crippen molar-refractivity contribution in [3.63, 3.8) is 0 Å². The molecule has 1 saturated heterocycles. The first-order valence-electron chi connectivity index (χ1n) is 8.22. The van der Waals surface area contributed by atoms with Gasteiger partial charge in [0.15, 0.2) is 0 Å². The third-order valence-corrected chi connectivity index (χ3v) is 5.74. The summed E-state index contributed by atoms with van der Waals surface area (Å²) in [6, 6.07) is 6.46. The fourth-order valence-corrected chi connectivity index (χ4v) is 4.00. The molecular formula is C17H22N4O3S. The first-order valence-corrected chi connectivity index (χ1v) is 9.71. The minimum atomic E-state index is -3.77. The lowest BCUT2D eigenvalue weighted by atomic mass is 10.00. The highest BCUT2D eigenvalue weighted by Crippen LogP contribution is 2.25. The van der Waals surface area contributed by atoms with E-state index in [4.69, 9.17) is 4.74 Å². The molecule has 0 radical (unpaired) electrons. The molecule has 1 aromatic carbocycles. The van der Waals surface area contributed by atoms with Gasteiger partial charge in [0.25, 0.3) is 10.0 Å². The molecule has 1 aromatic heterocycles. The van der Waals surface area contributed by atoms with Crippen LogP contribution in [0.2, 0.25) is 0 Å². The number of hydrogen-bond acceptors (Lipinski definition) is 6. The smallest absolute Gasteiger partial charge is 0.265 e. The molecule has 2 aromatic rings. The minimum absolute atomic E-state index is 0.0756. The molecule has 0 aliphatic carbocycles. The number of methoxy groups -OCH3 is 1. The molecule has 134 valence electrons. The Morgan fingerprint density at radius 2 is 1.80 bits per heavy atom. The Bertz CT molecular complexity index is 816. The summed E-state index contributed by atoms with van der Waals surface area (Å²) in [6.07, 6.45) is 5.22. The molecule has 7 nitrogen and oxygen atoms in total. The Morgan fingerprint density at radius 1 is 1.16 bits per heavy atom. The molecular weight excluding hydrogens is 340 g/mol. The Balaban J connectivity index is 1.74. The summed E-state index contributed by atoms with van der Waals surface area (Å²) in [5, 5.41) is 0. The monoisotopic (exact) mass is 362 g/mol. The molecule has 0 spiro atoms. The van der Waals surface area contributed by atoms with E-state index >= 15 is 0 Å². The average molecular weight is 362 g/mol. The molecule has 2 heterocycles. The molecule has 1 fully saturated rings. The maximum atomic E-state index is 12.5. The van der Waals surface area contributed by atoms with Crippen LogP contribution in [0.25, 0.3) is 0 Å². The lowest BCUT2D eigenvalue weighted by Crippen LogP contribution is -2.34. The first-order chi connectivity index (χ1) is 12.0. The molecule has 25 heavy (non-hydrogen) atoms. The predicted molar refractivity (Wildman–Crippen MR) is 96.4 cm³/mol. The van der Waals surface area contributed by atoms with E-state index in [-0.39, 0.29) is 10.6 Å². The molecule has 1 aliphatic heterocycles. The van der Waals surface area contributed by atoms with Crippen molar-refractivity contribution in [2.75, 3.05) is 29.8 Å². The maximum absolute atomic E-state index is 12.5. The number of anilines is 2. The number of aromatic nitrogens is 2. The van der Waals surface area contributed by atoms with Crippen LogP contribution in [0.15, 0.2) is 41.6 Å². The van der Waals surface area contributed by atoms with Crippen molar-refractivity contribution in [2.45, 2.75) is 24.7 Å². The third-order valence-electron chi connectivity index (χ3n) is 4.32. The van der Waals surface area contributed by atoms with Gasteiger partial charge in [-0.15, -0.1) is 0 Å². The molecule has 0 amide bonds. The summed E-state index contributed by atoms with van der Waals surface area (Å²) in [6.45, 7) is 4.09. The largest absolute Gasteiger partial charge is 0.495 e. The van der Waals surface area contributed by atoms with Crippen LogP contribution in [0.4, 0.5) is 11.6 Å². The quantitative estimate of drug-likeness (QED) is 0.880. The van der Waals surface area contributed by atoms with Crippen molar-refractivity contribution in [1.29, 1.82) is 0 Å². The van der Waals surface area contributed by atoms with Crippen LogP contribution < -0.4 is 14.4 Å². The van der Waals surface area contributed by atoms with Crippen molar-refractivity contribution >= 4 is 21.7 Å². The van der Waals surface area contributed by atoms with E-state index in [9.17, 15) is 8.42 Å². The van der Waals surface area contributed by atoms with Crippen LogP contribution in [-0.2, 0) is 10.0 Å². The van der Waals surface area contributed by atoms with Gasteiger partial charge in [-0.05, 0) is 30.9 Å². The number of benzene rings is 1. The van der Waals surface area contributed by atoms with E-state index in [0.29, 0.717) is 11.6 Å². The van der Waals surface area contributed by atoms with Gasteiger partial charge < -0.3 is 9.64 Å². The number of nitrogens with one attached hydrogen (secondary N) is 1. The number of sulfonamides is 1. The van der Waals surface area contributed by atoms with Crippen LogP contribution in [0.1, 0.15) is 19.8 Å². The lowest BCUT2D eigenvalue weighted by Gasteiger charge is -2.30. The summed E-state index contributed by atoms with van der Waals surface area (Å²) in [5.41, 5.74) is 0.319. The standard InChI is InChI=1S/C17H22N4O3S/c1-13-7-9-21(10-8-13)17-18-11-14(12-19-17)20-25(22,23)16-6-4-3-5-15(16)24-2/h3-6,11-13,20H,7-10H2,1-2H3. The second-order valence-electron chi connectivity index (χ2n) is 6.20. The summed E-state index contributed by atoms with van der Waals surface area (Å²) >= 11 is 0. The Morgan fingerprint density at radius 3 is 2.44 bits per heavy atom. The minimum Gasteiger partial charge on any atom is -0.495 e. The molecule has 0 unspecified atom stereocenters. The van der Waals surface area contributed by atoms with E-state index < -0.39 is 10.0 Å². The lowest BCUT2D eigenvalue weighted by molar-refractivity contribution is 0.403. The summed E-state index contributed by atoms with van der Waals surface area (Å²) in [4.78, 5) is 10.8. The second-order valence-corrected chi connectivity index (χ2v) is 7.85. The molecule has 1 N–H and O–H groups in total. The zero-order chi connectivity index (χ0) is 17.9. The number of piperidine rings is 1. The molecule has 3 rings (SSSR count). The van der Waals surface area contributed by atoms with Gasteiger partial charge in [-0.1, -0.05) is 19.1 Å². The first kappa shape index (κ1) is 17.5. The van der Waals surface area contributed by atoms with Gasteiger partial charge in [0.1, 0.15) is 10.6 Å². The summed E-state index contributed by atoms with van der Waals surface area (Å²) in [7, 11) is -2.33. The van der Waals surface area contributed by atoms with Gasteiger partial charge in [-0.3, -0.25) is 4.72 Å². The molecule has 0 atom stereocenters. The van der Waals surface area contributed by atoms with Crippen molar-refractivity contribution in [1.82, 2.24) is 9.97 Å². The highest BCUT2D eigenvalue weighted by atomic mass is 32.2. The Kier molecular flexibility index (Phi) is 5.08. The predicted octanol–water partition coefficient (Wildman–Crippen LogP) is 2.52. The highest BCUT2D eigenvalue weighted by Gasteiger charge is 2.21. The van der Waals surface area contributed by atoms with E-state index in [1.807, 2.05) is 0 Å². The second kappa shape index (κ2) is 7.26. The third kappa shape index (κ3) is 4.01. The van der Waals surface area contributed by atoms with E-state index in [2.05, 4.69) is 26.5 Å². The van der Waals surface area contributed by atoms with Crippen LogP contribution in [0.5, 0.6) is 5.75 Å². The van der Waals surface area contributed by atoms with Gasteiger partial charge in [0, 0.05) is 13.1 Å². The topological polar surface area (TPSA) is 84.4 Å². The Labute approximate surface area is 148 Å². The van der Waals surface area contributed by atoms with Crippen LogP contribution in [0, 0.1) is 5.92 Å². The van der Waals surface area contributed by atoms with Gasteiger partial charge in [-0.25, -0.2) is 18.4 Å². The number of para-hydroxylation sites is 1. The van der Waals surface area contributed by atoms with Crippen molar-refractivity contribution in [2.24, 2.45) is 5.92 Å². The molecule has 1 aliphatic rings. The van der Waals surface area contributed by atoms with E-state index in [1.54, 1.807) is 18.2 Å². The molecule has 8 heteroatoms.